The van der Waals surface area contributed by atoms with Crippen LogP contribution in [-0.4, -0.2) is 67.5 Å². The minimum Gasteiger partial charge on any atom is -0.497 e. The minimum atomic E-state index is 0.891. The predicted molar refractivity (Wildman–Crippen MR) is 110 cm³/mol. The van der Waals surface area contributed by atoms with Gasteiger partial charge in [0.15, 0.2) is 5.96 Å². The van der Waals surface area contributed by atoms with Crippen molar-refractivity contribution in [2.45, 2.75) is 19.9 Å². The zero-order valence-electron chi connectivity index (χ0n) is 16.6. The smallest absolute Gasteiger partial charge is 0.193 e. The number of hydrogen-bond acceptors (Lipinski definition) is 4. The van der Waals surface area contributed by atoms with Crippen LogP contribution in [0.5, 0.6) is 5.75 Å². The number of aryl methyl sites for hydroxylation is 2. The number of nitrogens with zero attached hydrogens (tertiary/aromatic N) is 5. The molecule has 0 unspecified atom stereocenters. The van der Waals surface area contributed by atoms with E-state index in [9.17, 15) is 0 Å². The number of methoxy groups -OCH3 is 1. The summed E-state index contributed by atoms with van der Waals surface area (Å²) in [6.45, 7) is 7.73. The molecule has 1 aliphatic heterocycles. The fourth-order valence-electron chi connectivity index (χ4n) is 3.35. The van der Waals surface area contributed by atoms with Crippen LogP contribution in [0.1, 0.15) is 12.0 Å². The number of aromatic nitrogens is 2. The summed E-state index contributed by atoms with van der Waals surface area (Å²) in [4.78, 5) is 9.18. The summed E-state index contributed by atoms with van der Waals surface area (Å²) in [6, 6.07) is 8.26. The number of piperazine rings is 1. The Kier molecular flexibility index (Phi) is 6.57. The molecule has 1 saturated heterocycles. The third-order valence-corrected chi connectivity index (χ3v) is 4.82. The van der Waals surface area contributed by atoms with Crippen molar-refractivity contribution in [1.29, 1.82) is 0 Å². The summed E-state index contributed by atoms with van der Waals surface area (Å²) in [6.07, 6.45) is 4.99. The second-order valence-electron chi connectivity index (χ2n) is 6.78. The lowest BCUT2D eigenvalue weighted by Crippen LogP contribution is -2.52. The number of guanidine groups is 1. The Hall–Kier alpha value is -2.70. The van der Waals surface area contributed by atoms with Crippen LogP contribution < -0.4 is 15.0 Å². The Morgan fingerprint density at radius 2 is 2.07 bits per heavy atom. The van der Waals surface area contributed by atoms with Crippen LogP contribution in [0.15, 0.2) is 41.7 Å². The number of aliphatic imine (C=N–C) groups is 1. The molecule has 27 heavy (non-hydrogen) atoms. The lowest BCUT2D eigenvalue weighted by atomic mass is 10.2. The molecule has 1 aromatic carbocycles. The molecule has 1 aromatic heterocycles. The molecular formula is C20H30N6O. The van der Waals surface area contributed by atoms with Gasteiger partial charge in [-0.2, -0.15) is 5.10 Å². The number of hydrogen-bond donors (Lipinski definition) is 1. The van der Waals surface area contributed by atoms with Gasteiger partial charge in [-0.25, -0.2) is 0 Å². The molecule has 7 heteroatoms. The van der Waals surface area contributed by atoms with Crippen LogP contribution in [0.4, 0.5) is 5.69 Å². The zero-order chi connectivity index (χ0) is 19.1. The first-order chi connectivity index (χ1) is 13.2. The van der Waals surface area contributed by atoms with Gasteiger partial charge in [0, 0.05) is 64.3 Å². The van der Waals surface area contributed by atoms with Crippen LogP contribution >= 0.6 is 0 Å². The number of ether oxygens (including phenoxy) is 1. The molecule has 0 spiro atoms. The van der Waals surface area contributed by atoms with E-state index in [1.165, 1.54) is 11.3 Å². The molecule has 7 nitrogen and oxygen atoms in total. The van der Waals surface area contributed by atoms with E-state index in [-0.39, 0.29) is 0 Å². The van der Waals surface area contributed by atoms with E-state index < -0.39 is 0 Å². The van der Waals surface area contributed by atoms with Gasteiger partial charge < -0.3 is 19.9 Å². The fourth-order valence-corrected chi connectivity index (χ4v) is 3.35. The van der Waals surface area contributed by atoms with Gasteiger partial charge in [-0.1, -0.05) is 6.07 Å². The molecule has 0 amide bonds. The second kappa shape index (κ2) is 9.30. The van der Waals surface area contributed by atoms with Gasteiger partial charge in [0.25, 0.3) is 0 Å². The summed E-state index contributed by atoms with van der Waals surface area (Å²) in [5.74, 6) is 1.89. The SMILES string of the molecule is CN=C(NCCCn1cc(C)cn1)N1CCN(c2cccc(OC)c2)CC1. The van der Waals surface area contributed by atoms with Gasteiger partial charge in [0.1, 0.15) is 5.75 Å². The van der Waals surface area contributed by atoms with E-state index in [0.717, 1.165) is 57.4 Å². The summed E-state index contributed by atoms with van der Waals surface area (Å²) in [7, 11) is 3.56. The first kappa shape index (κ1) is 19.1. The predicted octanol–water partition coefficient (Wildman–Crippen LogP) is 1.99. The maximum absolute atomic E-state index is 5.34. The Morgan fingerprint density at radius 1 is 1.26 bits per heavy atom. The highest BCUT2D eigenvalue weighted by Crippen LogP contribution is 2.22. The quantitative estimate of drug-likeness (QED) is 0.479. The number of nitrogens with one attached hydrogen (secondary N) is 1. The van der Waals surface area contributed by atoms with Crippen molar-refractivity contribution in [2.75, 3.05) is 51.8 Å². The molecule has 0 saturated carbocycles. The van der Waals surface area contributed by atoms with E-state index >= 15 is 0 Å². The van der Waals surface area contributed by atoms with Gasteiger partial charge in [-0.15, -0.1) is 0 Å². The molecule has 0 radical (unpaired) electrons. The van der Waals surface area contributed by atoms with E-state index in [4.69, 9.17) is 4.74 Å². The average molecular weight is 371 g/mol. The second-order valence-corrected chi connectivity index (χ2v) is 6.78. The van der Waals surface area contributed by atoms with Crippen molar-refractivity contribution in [2.24, 2.45) is 4.99 Å². The van der Waals surface area contributed by atoms with Gasteiger partial charge in [-0.3, -0.25) is 9.67 Å². The van der Waals surface area contributed by atoms with Crippen LogP contribution in [0, 0.1) is 6.92 Å². The Morgan fingerprint density at radius 3 is 2.74 bits per heavy atom. The highest BCUT2D eigenvalue weighted by molar-refractivity contribution is 5.80. The molecule has 3 rings (SSSR count). The van der Waals surface area contributed by atoms with Crippen molar-refractivity contribution >= 4 is 11.6 Å². The normalized spacial score (nSPS) is 15.1. The Bertz CT molecular complexity index is 748. The zero-order valence-corrected chi connectivity index (χ0v) is 16.6. The minimum absolute atomic E-state index is 0.891. The van der Waals surface area contributed by atoms with Crippen molar-refractivity contribution < 1.29 is 4.74 Å². The summed E-state index contributed by atoms with van der Waals surface area (Å²) >= 11 is 0. The van der Waals surface area contributed by atoms with Gasteiger partial charge in [0.05, 0.1) is 13.3 Å². The first-order valence-corrected chi connectivity index (χ1v) is 9.53. The summed E-state index contributed by atoms with van der Waals surface area (Å²) in [5, 5.41) is 7.81. The molecule has 0 bridgehead atoms. The summed E-state index contributed by atoms with van der Waals surface area (Å²) < 4.78 is 7.33. The third kappa shape index (κ3) is 5.15. The van der Waals surface area contributed by atoms with Crippen LogP contribution in [0.25, 0.3) is 0 Å². The number of benzene rings is 1. The van der Waals surface area contributed by atoms with E-state index in [1.54, 1.807) is 7.11 Å². The first-order valence-electron chi connectivity index (χ1n) is 9.53. The molecule has 0 aliphatic carbocycles. The van der Waals surface area contributed by atoms with Crippen molar-refractivity contribution in [3.63, 3.8) is 0 Å². The lowest BCUT2D eigenvalue weighted by Gasteiger charge is -2.37. The van der Waals surface area contributed by atoms with Crippen molar-refractivity contribution in [3.05, 3.63) is 42.2 Å². The van der Waals surface area contributed by atoms with Crippen LogP contribution in [-0.2, 0) is 6.54 Å². The Labute approximate surface area is 161 Å². The standard InChI is InChI=1S/C20H30N6O/c1-17-15-23-26(16-17)9-5-8-22-20(21-2)25-12-10-24(11-13-25)18-6-4-7-19(14-18)27-3/h4,6-7,14-16H,5,8-13H2,1-3H3,(H,21,22). The van der Waals surface area contributed by atoms with E-state index in [1.807, 2.05) is 30.1 Å². The molecular weight excluding hydrogens is 340 g/mol. The number of rotatable bonds is 6. The topological polar surface area (TPSA) is 57.9 Å². The van der Waals surface area contributed by atoms with E-state index in [0.29, 0.717) is 0 Å². The maximum atomic E-state index is 5.34. The van der Waals surface area contributed by atoms with Crippen LogP contribution in [0.3, 0.4) is 0 Å². The average Bonchev–Trinajstić information content (AvgIpc) is 3.13. The maximum Gasteiger partial charge on any atom is 0.193 e. The Balaban J connectivity index is 1.44. The largest absolute Gasteiger partial charge is 0.497 e. The van der Waals surface area contributed by atoms with Crippen LogP contribution in [0.2, 0.25) is 0 Å². The molecule has 146 valence electrons. The van der Waals surface area contributed by atoms with E-state index in [2.05, 4.69) is 50.5 Å². The van der Waals surface area contributed by atoms with Gasteiger partial charge in [0.2, 0.25) is 0 Å². The van der Waals surface area contributed by atoms with Crippen molar-refractivity contribution in [1.82, 2.24) is 20.0 Å². The third-order valence-electron chi connectivity index (χ3n) is 4.82. The molecule has 0 atom stereocenters. The van der Waals surface area contributed by atoms with Gasteiger partial charge in [-0.05, 0) is 31.0 Å². The molecule has 1 N–H and O–H groups in total. The monoisotopic (exact) mass is 370 g/mol. The van der Waals surface area contributed by atoms with Gasteiger partial charge >= 0.3 is 0 Å². The molecule has 2 heterocycles. The number of anilines is 1. The molecule has 1 fully saturated rings. The highest BCUT2D eigenvalue weighted by Gasteiger charge is 2.19. The highest BCUT2D eigenvalue weighted by atomic mass is 16.5. The molecule has 2 aromatic rings. The lowest BCUT2D eigenvalue weighted by molar-refractivity contribution is 0.371. The van der Waals surface area contributed by atoms with Crippen molar-refractivity contribution in [3.8, 4) is 5.75 Å². The summed E-state index contributed by atoms with van der Waals surface area (Å²) in [5.41, 5.74) is 2.42. The fraction of sp³-hybridized carbons (Fsp3) is 0.500. The molecule has 1 aliphatic rings.